The molecule has 2 atom stereocenters. The van der Waals surface area contributed by atoms with E-state index in [1.807, 2.05) is 32.0 Å². The maximum absolute atomic E-state index is 12.9. The van der Waals surface area contributed by atoms with Gasteiger partial charge in [0.05, 0.1) is 5.69 Å². The second-order valence-corrected chi connectivity index (χ2v) is 6.91. The van der Waals surface area contributed by atoms with Gasteiger partial charge in [-0.2, -0.15) is 5.11 Å². The third kappa shape index (κ3) is 3.02. The van der Waals surface area contributed by atoms with E-state index >= 15 is 0 Å². The number of imide groups is 1. The van der Waals surface area contributed by atoms with Crippen molar-refractivity contribution in [1.29, 1.82) is 0 Å². The van der Waals surface area contributed by atoms with Gasteiger partial charge in [-0.1, -0.05) is 41.1 Å². The molecule has 0 unspecified atom stereocenters. The Bertz CT molecular complexity index is 989. The number of carbonyl (C=O) groups excluding carboxylic acids is 3. The van der Waals surface area contributed by atoms with E-state index in [1.54, 1.807) is 30.3 Å². The smallest absolute Gasteiger partial charge is 0.263 e. The zero-order valence-electron chi connectivity index (χ0n) is 15.5. The molecule has 1 saturated heterocycles. The number of hydrogen-bond acceptors (Lipinski definition) is 6. The van der Waals surface area contributed by atoms with Gasteiger partial charge in [0, 0.05) is 5.69 Å². The van der Waals surface area contributed by atoms with Crippen LogP contribution in [0.3, 0.4) is 0 Å². The van der Waals surface area contributed by atoms with Gasteiger partial charge >= 0.3 is 0 Å². The van der Waals surface area contributed by atoms with Crippen LogP contribution in [0.4, 0.5) is 11.4 Å². The number of amides is 3. The fourth-order valence-corrected chi connectivity index (χ4v) is 3.48. The molecule has 142 valence electrons. The minimum absolute atomic E-state index is 0.167. The van der Waals surface area contributed by atoms with Crippen molar-refractivity contribution < 1.29 is 14.4 Å². The lowest BCUT2D eigenvalue weighted by molar-refractivity contribution is -0.123. The average molecular weight is 377 g/mol. The molecule has 0 aromatic heterocycles. The van der Waals surface area contributed by atoms with Crippen molar-refractivity contribution in [2.45, 2.75) is 25.9 Å². The number of rotatable bonds is 4. The summed E-state index contributed by atoms with van der Waals surface area (Å²) in [6.45, 7) is 3.72. The zero-order chi connectivity index (χ0) is 19.8. The molecule has 0 radical (unpaired) electrons. The highest BCUT2D eigenvalue weighted by molar-refractivity contribution is 6.25. The van der Waals surface area contributed by atoms with Crippen LogP contribution in [0.1, 0.15) is 11.1 Å². The van der Waals surface area contributed by atoms with Crippen LogP contribution in [0.2, 0.25) is 0 Å². The summed E-state index contributed by atoms with van der Waals surface area (Å²) < 4.78 is 0. The van der Waals surface area contributed by atoms with Crippen LogP contribution in [0.5, 0.6) is 0 Å². The number of aryl methyl sites for hydroxylation is 2. The highest BCUT2D eigenvalue weighted by Gasteiger charge is 2.55. The summed E-state index contributed by atoms with van der Waals surface area (Å²) in [5.74, 6) is -1.18. The Morgan fingerprint density at radius 3 is 2.54 bits per heavy atom. The van der Waals surface area contributed by atoms with E-state index in [4.69, 9.17) is 0 Å². The van der Waals surface area contributed by atoms with Crippen LogP contribution in [-0.4, -0.2) is 41.4 Å². The lowest BCUT2D eigenvalue weighted by atomic mass is 10.1. The Hall–Kier alpha value is -3.55. The lowest BCUT2D eigenvalue weighted by Crippen LogP contribution is -2.43. The summed E-state index contributed by atoms with van der Waals surface area (Å²) >= 11 is 0. The Kier molecular flexibility index (Phi) is 4.38. The molecule has 28 heavy (non-hydrogen) atoms. The molecule has 2 heterocycles. The SMILES string of the molecule is Cc1ccc(NC(=O)CN2N=N[C@H]3C(=O)N(c4ccccc4)C(=O)[C@H]32)c(C)c1. The summed E-state index contributed by atoms with van der Waals surface area (Å²) in [6.07, 6.45) is 0. The highest BCUT2D eigenvalue weighted by Crippen LogP contribution is 2.31. The molecule has 0 bridgehead atoms. The van der Waals surface area contributed by atoms with Crippen molar-refractivity contribution in [2.75, 3.05) is 16.8 Å². The van der Waals surface area contributed by atoms with Crippen LogP contribution in [-0.2, 0) is 14.4 Å². The first-order valence-electron chi connectivity index (χ1n) is 8.93. The topological polar surface area (TPSA) is 94.4 Å². The summed E-state index contributed by atoms with van der Waals surface area (Å²) in [7, 11) is 0. The predicted molar refractivity (Wildman–Crippen MR) is 103 cm³/mol. The van der Waals surface area contributed by atoms with Crippen molar-refractivity contribution in [3.8, 4) is 0 Å². The first-order chi connectivity index (χ1) is 13.5. The molecule has 2 aliphatic heterocycles. The maximum Gasteiger partial charge on any atom is 0.263 e. The van der Waals surface area contributed by atoms with E-state index in [0.29, 0.717) is 11.4 Å². The number of carbonyl (C=O) groups is 3. The molecular weight excluding hydrogens is 358 g/mol. The molecule has 8 heteroatoms. The van der Waals surface area contributed by atoms with E-state index in [1.165, 1.54) is 5.01 Å². The van der Waals surface area contributed by atoms with E-state index in [2.05, 4.69) is 15.7 Å². The number of para-hydroxylation sites is 1. The highest BCUT2D eigenvalue weighted by atomic mass is 16.2. The third-order valence-corrected chi connectivity index (χ3v) is 4.83. The predicted octanol–water partition coefficient (Wildman–Crippen LogP) is 2.24. The van der Waals surface area contributed by atoms with Crippen molar-refractivity contribution in [2.24, 2.45) is 10.3 Å². The molecular formula is C20H19N5O3. The molecule has 8 nitrogen and oxygen atoms in total. The Morgan fingerprint density at radius 1 is 1.07 bits per heavy atom. The zero-order valence-corrected chi connectivity index (χ0v) is 15.5. The van der Waals surface area contributed by atoms with Crippen molar-refractivity contribution in [3.63, 3.8) is 0 Å². The summed E-state index contributed by atoms with van der Waals surface area (Å²) in [4.78, 5) is 39.1. The first kappa shape index (κ1) is 17.8. The van der Waals surface area contributed by atoms with E-state index in [-0.39, 0.29) is 12.5 Å². The van der Waals surface area contributed by atoms with Gasteiger partial charge in [0.25, 0.3) is 11.8 Å². The van der Waals surface area contributed by atoms with Gasteiger partial charge in [-0.25, -0.2) is 4.90 Å². The second-order valence-electron chi connectivity index (χ2n) is 6.91. The lowest BCUT2D eigenvalue weighted by Gasteiger charge is -2.20. The molecule has 0 spiro atoms. The summed E-state index contributed by atoms with van der Waals surface area (Å²) in [6, 6.07) is 12.6. The molecule has 2 aromatic rings. The van der Waals surface area contributed by atoms with Crippen LogP contribution in [0, 0.1) is 13.8 Å². The molecule has 2 aliphatic rings. The second kappa shape index (κ2) is 6.88. The molecule has 4 rings (SSSR count). The van der Waals surface area contributed by atoms with E-state index in [0.717, 1.165) is 16.0 Å². The van der Waals surface area contributed by atoms with Crippen LogP contribution >= 0.6 is 0 Å². The minimum atomic E-state index is -0.915. The largest absolute Gasteiger partial charge is 0.324 e. The summed E-state index contributed by atoms with van der Waals surface area (Å²) in [5.41, 5.74) is 3.23. The molecule has 2 aromatic carbocycles. The van der Waals surface area contributed by atoms with Crippen LogP contribution in [0.15, 0.2) is 58.9 Å². The number of nitrogens with one attached hydrogen (secondary N) is 1. The van der Waals surface area contributed by atoms with Gasteiger partial charge in [-0.05, 0) is 37.6 Å². The normalized spacial score (nSPS) is 20.6. The Balaban J connectivity index is 1.48. The van der Waals surface area contributed by atoms with Crippen molar-refractivity contribution in [1.82, 2.24) is 5.01 Å². The fourth-order valence-electron chi connectivity index (χ4n) is 3.48. The fraction of sp³-hybridized carbons (Fsp3) is 0.250. The Labute approximate surface area is 161 Å². The van der Waals surface area contributed by atoms with Gasteiger partial charge in [0.1, 0.15) is 6.54 Å². The van der Waals surface area contributed by atoms with Gasteiger partial charge < -0.3 is 5.32 Å². The number of fused-ring (bicyclic) bond motifs is 1. The monoisotopic (exact) mass is 377 g/mol. The summed E-state index contributed by atoms with van der Waals surface area (Å²) in [5, 5.41) is 11.9. The van der Waals surface area contributed by atoms with E-state index < -0.39 is 23.9 Å². The van der Waals surface area contributed by atoms with Gasteiger partial charge in [-0.15, -0.1) is 0 Å². The van der Waals surface area contributed by atoms with Crippen LogP contribution < -0.4 is 10.2 Å². The van der Waals surface area contributed by atoms with Gasteiger partial charge in [0.2, 0.25) is 5.91 Å². The standard InChI is InChI=1S/C20H19N5O3/c1-12-8-9-15(13(2)10-12)21-16(26)11-24-18-17(22-23-24)19(27)25(20(18)28)14-6-4-3-5-7-14/h3-10,17-18H,11H2,1-2H3,(H,21,26)/t17-,18+/m1/s1. The first-order valence-corrected chi connectivity index (χ1v) is 8.93. The molecule has 1 fully saturated rings. The van der Waals surface area contributed by atoms with Crippen LogP contribution in [0.25, 0.3) is 0 Å². The quantitative estimate of drug-likeness (QED) is 0.827. The number of anilines is 2. The van der Waals surface area contributed by atoms with Crippen molar-refractivity contribution >= 4 is 29.1 Å². The maximum atomic E-state index is 12.9. The van der Waals surface area contributed by atoms with E-state index in [9.17, 15) is 14.4 Å². The molecule has 3 amide bonds. The third-order valence-electron chi connectivity index (χ3n) is 4.83. The minimum Gasteiger partial charge on any atom is -0.324 e. The molecule has 0 saturated carbocycles. The number of nitrogens with zero attached hydrogens (tertiary/aromatic N) is 4. The van der Waals surface area contributed by atoms with Gasteiger partial charge in [-0.3, -0.25) is 19.4 Å². The number of hydrogen-bond donors (Lipinski definition) is 1. The number of benzene rings is 2. The molecule has 1 N–H and O–H groups in total. The Morgan fingerprint density at radius 2 is 1.82 bits per heavy atom. The van der Waals surface area contributed by atoms with Gasteiger partial charge in [0.15, 0.2) is 12.1 Å². The molecule has 0 aliphatic carbocycles. The van der Waals surface area contributed by atoms with Crippen molar-refractivity contribution in [3.05, 3.63) is 59.7 Å². The average Bonchev–Trinajstić information content (AvgIpc) is 3.18.